The smallest absolute Gasteiger partial charge is 0.0619 e. The summed E-state index contributed by atoms with van der Waals surface area (Å²) in [5, 5.41) is 0. The van der Waals surface area contributed by atoms with Crippen molar-refractivity contribution in [2.75, 3.05) is 6.61 Å². The summed E-state index contributed by atoms with van der Waals surface area (Å²) in [5.41, 5.74) is 5.67. The molecule has 0 aromatic heterocycles. The summed E-state index contributed by atoms with van der Waals surface area (Å²) in [6, 6.07) is 0.466. The fraction of sp³-hybridized carbons (Fsp3) is 1.00. The molecule has 0 aromatic carbocycles. The second-order valence-electron chi connectivity index (χ2n) is 3.11. The SMILES string of the molecule is N[C@@H]1C[C@@H]1[C@H]1CCCO1. The predicted molar refractivity (Wildman–Crippen MR) is 35.1 cm³/mol. The van der Waals surface area contributed by atoms with E-state index in [2.05, 4.69) is 0 Å². The maximum absolute atomic E-state index is 5.67. The van der Waals surface area contributed by atoms with Crippen molar-refractivity contribution in [3.8, 4) is 0 Å². The minimum Gasteiger partial charge on any atom is -0.378 e. The van der Waals surface area contributed by atoms with Gasteiger partial charge < -0.3 is 10.5 Å². The zero-order chi connectivity index (χ0) is 6.27. The summed E-state index contributed by atoms with van der Waals surface area (Å²) in [7, 11) is 0. The minimum absolute atomic E-state index is 0.466. The van der Waals surface area contributed by atoms with E-state index in [0.717, 1.165) is 6.61 Å². The maximum atomic E-state index is 5.67. The van der Waals surface area contributed by atoms with Crippen LogP contribution in [0.25, 0.3) is 0 Å². The first-order valence-corrected chi connectivity index (χ1v) is 3.75. The molecule has 1 saturated carbocycles. The molecule has 52 valence electrons. The van der Waals surface area contributed by atoms with Gasteiger partial charge in [-0.2, -0.15) is 0 Å². The monoisotopic (exact) mass is 127 g/mol. The van der Waals surface area contributed by atoms with E-state index in [9.17, 15) is 0 Å². The van der Waals surface area contributed by atoms with Gasteiger partial charge in [-0.05, 0) is 19.3 Å². The predicted octanol–water partition coefficient (Wildman–Crippen LogP) is 0.513. The van der Waals surface area contributed by atoms with Gasteiger partial charge in [-0.15, -0.1) is 0 Å². The quantitative estimate of drug-likeness (QED) is 0.557. The van der Waals surface area contributed by atoms with Crippen molar-refractivity contribution in [1.82, 2.24) is 0 Å². The lowest BCUT2D eigenvalue weighted by molar-refractivity contribution is 0.0927. The Labute approximate surface area is 55.4 Å². The van der Waals surface area contributed by atoms with E-state index in [-0.39, 0.29) is 0 Å². The van der Waals surface area contributed by atoms with Crippen LogP contribution in [0.3, 0.4) is 0 Å². The summed E-state index contributed by atoms with van der Waals surface area (Å²) >= 11 is 0. The van der Waals surface area contributed by atoms with Crippen molar-refractivity contribution in [3.63, 3.8) is 0 Å². The molecular formula is C7H13NO. The Hall–Kier alpha value is -0.0800. The van der Waals surface area contributed by atoms with E-state index in [1.165, 1.54) is 19.3 Å². The third-order valence-electron chi connectivity index (χ3n) is 2.33. The van der Waals surface area contributed by atoms with Crippen molar-refractivity contribution in [2.24, 2.45) is 11.7 Å². The molecule has 0 radical (unpaired) electrons. The molecule has 1 saturated heterocycles. The largest absolute Gasteiger partial charge is 0.378 e. The molecule has 0 spiro atoms. The van der Waals surface area contributed by atoms with E-state index >= 15 is 0 Å². The highest BCUT2D eigenvalue weighted by atomic mass is 16.5. The van der Waals surface area contributed by atoms with Crippen LogP contribution in [0.4, 0.5) is 0 Å². The lowest BCUT2D eigenvalue weighted by Crippen LogP contribution is -2.14. The zero-order valence-corrected chi connectivity index (χ0v) is 5.55. The lowest BCUT2D eigenvalue weighted by Gasteiger charge is -2.05. The van der Waals surface area contributed by atoms with Crippen LogP contribution in [0, 0.1) is 5.92 Å². The number of ether oxygens (including phenoxy) is 1. The molecule has 0 bridgehead atoms. The molecule has 2 heteroatoms. The first-order chi connectivity index (χ1) is 4.38. The van der Waals surface area contributed by atoms with Gasteiger partial charge >= 0.3 is 0 Å². The topological polar surface area (TPSA) is 35.2 Å². The molecule has 2 nitrogen and oxygen atoms in total. The fourth-order valence-corrected chi connectivity index (χ4v) is 1.60. The van der Waals surface area contributed by atoms with Crippen molar-refractivity contribution in [3.05, 3.63) is 0 Å². The summed E-state index contributed by atoms with van der Waals surface area (Å²) in [5.74, 6) is 0.715. The van der Waals surface area contributed by atoms with Gasteiger partial charge in [-0.1, -0.05) is 0 Å². The molecular weight excluding hydrogens is 114 g/mol. The highest BCUT2D eigenvalue weighted by Gasteiger charge is 2.41. The lowest BCUT2D eigenvalue weighted by atomic mass is 10.1. The van der Waals surface area contributed by atoms with Crippen LogP contribution in [0.2, 0.25) is 0 Å². The van der Waals surface area contributed by atoms with E-state index < -0.39 is 0 Å². The van der Waals surface area contributed by atoms with Gasteiger partial charge in [0.2, 0.25) is 0 Å². The van der Waals surface area contributed by atoms with E-state index in [0.29, 0.717) is 18.1 Å². The summed E-state index contributed by atoms with van der Waals surface area (Å²) in [6.45, 7) is 0.966. The first-order valence-electron chi connectivity index (χ1n) is 3.75. The van der Waals surface area contributed by atoms with Crippen molar-refractivity contribution < 1.29 is 4.74 Å². The standard InChI is InChI=1S/C7H13NO/c8-6-4-5(6)7-2-1-3-9-7/h5-7H,1-4,8H2/t5-,6+,7+/m0/s1. The van der Waals surface area contributed by atoms with E-state index in [4.69, 9.17) is 10.5 Å². The molecule has 3 atom stereocenters. The van der Waals surface area contributed by atoms with Crippen molar-refractivity contribution in [1.29, 1.82) is 0 Å². The first kappa shape index (κ1) is 5.69. The number of hydrogen-bond acceptors (Lipinski definition) is 2. The highest BCUT2D eigenvalue weighted by Crippen LogP contribution is 2.37. The summed E-state index contributed by atoms with van der Waals surface area (Å²) in [4.78, 5) is 0. The Morgan fingerprint density at radius 1 is 1.44 bits per heavy atom. The third kappa shape index (κ3) is 0.970. The van der Waals surface area contributed by atoms with Gasteiger partial charge in [0, 0.05) is 18.6 Å². The molecule has 0 unspecified atom stereocenters. The third-order valence-corrected chi connectivity index (χ3v) is 2.33. The average molecular weight is 127 g/mol. The average Bonchev–Trinajstić information content (AvgIpc) is 2.44. The van der Waals surface area contributed by atoms with Crippen molar-refractivity contribution >= 4 is 0 Å². The second-order valence-corrected chi connectivity index (χ2v) is 3.11. The van der Waals surface area contributed by atoms with Gasteiger partial charge in [0.05, 0.1) is 6.10 Å². The molecule has 1 aliphatic carbocycles. The van der Waals surface area contributed by atoms with E-state index in [1.807, 2.05) is 0 Å². The van der Waals surface area contributed by atoms with Crippen LogP contribution in [-0.2, 0) is 4.74 Å². The Morgan fingerprint density at radius 2 is 2.22 bits per heavy atom. The van der Waals surface area contributed by atoms with Gasteiger partial charge in [0.1, 0.15) is 0 Å². The molecule has 1 aliphatic heterocycles. The van der Waals surface area contributed by atoms with Crippen molar-refractivity contribution in [2.45, 2.75) is 31.4 Å². The van der Waals surface area contributed by atoms with Crippen LogP contribution in [0.5, 0.6) is 0 Å². The number of rotatable bonds is 1. The van der Waals surface area contributed by atoms with Crippen LogP contribution < -0.4 is 5.73 Å². The van der Waals surface area contributed by atoms with Gasteiger partial charge in [0.15, 0.2) is 0 Å². The highest BCUT2D eigenvalue weighted by molar-refractivity contribution is 4.96. The molecule has 2 N–H and O–H groups in total. The zero-order valence-electron chi connectivity index (χ0n) is 5.55. The molecule has 2 fully saturated rings. The molecule has 0 aromatic rings. The normalized spacial score (nSPS) is 49.7. The van der Waals surface area contributed by atoms with Gasteiger partial charge in [0.25, 0.3) is 0 Å². The number of nitrogens with two attached hydrogens (primary N) is 1. The Bertz CT molecular complexity index is 109. The Morgan fingerprint density at radius 3 is 2.67 bits per heavy atom. The van der Waals surface area contributed by atoms with Gasteiger partial charge in [-0.25, -0.2) is 0 Å². The molecule has 2 aliphatic rings. The Kier molecular flexibility index (Phi) is 1.24. The minimum atomic E-state index is 0.466. The maximum Gasteiger partial charge on any atom is 0.0619 e. The molecule has 2 rings (SSSR count). The van der Waals surface area contributed by atoms with Crippen LogP contribution in [0.1, 0.15) is 19.3 Å². The van der Waals surface area contributed by atoms with E-state index in [1.54, 1.807) is 0 Å². The number of hydrogen-bond donors (Lipinski definition) is 1. The molecule has 9 heavy (non-hydrogen) atoms. The second kappa shape index (κ2) is 1.96. The van der Waals surface area contributed by atoms with Crippen LogP contribution in [0.15, 0.2) is 0 Å². The fourth-order valence-electron chi connectivity index (χ4n) is 1.60. The molecule has 1 heterocycles. The summed E-state index contributed by atoms with van der Waals surface area (Å²) in [6.07, 6.45) is 4.22. The van der Waals surface area contributed by atoms with Crippen LogP contribution >= 0.6 is 0 Å². The van der Waals surface area contributed by atoms with Gasteiger partial charge in [-0.3, -0.25) is 0 Å². The summed E-state index contributed by atoms with van der Waals surface area (Å²) < 4.78 is 5.47. The van der Waals surface area contributed by atoms with Crippen LogP contribution in [-0.4, -0.2) is 18.8 Å². The Balaban J connectivity index is 1.85. The molecule has 0 amide bonds.